The van der Waals surface area contributed by atoms with E-state index in [0.29, 0.717) is 0 Å². The van der Waals surface area contributed by atoms with Crippen molar-refractivity contribution >= 4 is 79.4 Å². The first-order chi connectivity index (χ1) is 5.57. The van der Waals surface area contributed by atoms with Crippen LogP contribution >= 0.6 is 69.6 Å². The molecule has 1 rings (SSSR count). The number of alkyl halides is 6. The van der Waals surface area contributed by atoms with Crippen LogP contribution in [0.5, 0.6) is 0 Å². The van der Waals surface area contributed by atoms with E-state index in [4.69, 9.17) is 69.6 Å². The van der Waals surface area contributed by atoms with Crippen LogP contribution in [0.1, 0.15) is 0 Å². The summed E-state index contributed by atoms with van der Waals surface area (Å²) in [4.78, 5) is 0. The van der Waals surface area contributed by atoms with E-state index in [1.54, 1.807) is 0 Å². The lowest BCUT2D eigenvalue weighted by Crippen LogP contribution is -2.32. The molecular formula is C4H2Cl6O2S. The molecule has 0 N–H and O–H groups in total. The van der Waals surface area contributed by atoms with E-state index in [1.165, 1.54) is 0 Å². The normalized spacial score (nSPS) is 40.5. The van der Waals surface area contributed by atoms with Crippen molar-refractivity contribution in [3.8, 4) is 0 Å². The molecular weight excluding hydrogens is 325 g/mol. The van der Waals surface area contributed by atoms with Gasteiger partial charge in [0.25, 0.3) is 0 Å². The first-order valence-electron chi connectivity index (χ1n) is 2.84. The highest BCUT2D eigenvalue weighted by Crippen LogP contribution is 2.57. The zero-order valence-electron chi connectivity index (χ0n) is 5.65. The third kappa shape index (κ3) is 1.47. The summed E-state index contributed by atoms with van der Waals surface area (Å²) in [5.41, 5.74) is 0. The van der Waals surface area contributed by atoms with Crippen molar-refractivity contribution < 1.29 is 8.42 Å². The van der Waals surface area contributed by atoms with Crippen molar-refractivity contribution in [1.29, 1.82) is 0 Å². The largest absolute Gasteiger partial charge is 0.238 e. The van der Waals surface area contributed by atoms with E-state index in [-0.39, 0.29) is 0 Å². The second kappa shape index (κ2) is 3.34. The van der Waals surface area contributed by atoms with Crippen LogP contribution < -0.4 is 0 Å². The molecule has 0 aromatic rings. The molecule has 0 spiro atoms. The third-order valence-corrected chi connectivity index (χ3v) is 8.93. The third-order valence-electron chi connectivity index (χ3n) is 1.62. The Labute approximate surface area is 105 Å². The maximum absolute atomic E-state index is 11.5. The summed E-state index contributed by atoms with van der Waals surface area (Å²) in [5, 5.41) is -2.53. The highest BCUT2D eigenvalue weighted by Gasteiger charge is 2.71. The number of hydrogen-bond donors (Lipinski definition) is 0. The van der Waals surface area contributed by atoms with Gasteiger partial charge in [-0.05, 0) is 0 Å². The molecule has 1 fully saturated rings. The number of sulfone groups is 1. The summed E-state index contributed by atoms with van der Waals surface area (Å²) in [7, 11) is -4.20. The van der Waals surface area contributed by atoms with Gasteiger partial charge in [0.05, 0.1) is 0 Å². The van der Waals surface area contributed by atoms with Crippen LogP contribution in [0, 0.1) is 0 Å². The minimum absolute atomic E-state index is 1.27. The Balaban J connectivity index is 3.41. The molecule has 1 heterocycles. The van der Waals surface area contributed by atoms with Gasteiger partial charge in [0.15, 0.2) is 0 Å². The van der Waals surface area contributed by atoms with Crippen LogP contribution in [0.4, 0.5) is 0 Å². The molecule has 1 saturated heterocycles. The van der Waals surface area contributed by atoms with Crippen molar-refractivity contribution in [3.05, 3.63) is 0 Å². The minimum atomic E-state index is -4.20. The molecule has 1 aliphatic rings. The van der Waals surface area contributed by atoms with E-state index < -0.39 is 27.9 Å². The van der Waals surface area contributed by atoms with Gasteiger partial charge in [0, 0.05) is 0 Å². The molecule has 0 amide bonds. The first-order valence-corrected chi connectivity index (χ1v) is 6.71. The van der Waals surface area contributed by atoms with Gasteiger partial charge < -0.3 is 0 Å². The van der Waals surface area contributed by atoms with Gasteiger partial charge >= 0.3 is 0 Å². The Bertz CT molecular complexity index is 296. The van der Waals surface area contributed by atoms with E-state index in [9.17, 15) is 8.42 Å². The molecule has 0 radical (unpaired) electrons. The van der Waals surface area contributed by atoms with Crippen LogP contribution in [-0.4, -0.2) is 26.5 Å². The highest BCUT2D eigenvalue weighted by atomic mass is 35.5. The van der Waals surface area contributed by atoms with Crippen LogP contribution in [0.3, 0.4) is 0 Å². The fraction of sp³-hybridized carbons (Fsp3) is 1.00. The Hall–Kier alpha value is 1.69. The Morgan fingerprint density at radius 2 is 1.08 bits per heavy atom. The predicted octanol–water partition coefficient (Wildman–Crippen LogP) is 2.89. The molecule has 13 heavy (non-hydrogen) atoms. The number of rotatable bonds is 0. The van der Waals surface area contributed by atoms with E-state index >= 15 is 0 Å². The van der Waals surface area contributed by atoms with Gasteiger partial charge in [0.2, 0.25) is 17.2 Å². The van der Waals surface area contributed by atoms with Crippen molar-refractivity contribution in [2.45, 2.75) is 18.1 Å². The fourth-order valence-electron chi connectivity index (χ4n) is 0.819. The lowest BCUT2D eigenvalue weighted by molar-refractivity contribution is 0.592. The smallest absolute Gasteiger partial charge is 0.222 e. The molecule has 0 aromatic heterocycles. The topological polar surface area (TPSA) is 34.1 Å². The standard InChI is InChI=1S/C4H2Cl6O2S/c5-1-2(6)4(9,10)13(11,12)3(1,7)8/h1-2H. The van der Waals surface area contributed by atoms with Gasteiger partial charge in [0.1, 0.15) is 10.8 Å². The molecule has 9 heteroatoms. The highest BCUT2D eigenvalue weighted by molar-refractivity contribution is 8.00. The maximum Gasteiger partial charge on any atom is 0.238 e. The SMILES string of the molecule is O=S1(=O)C(Cl)(Cl)C(Cl)C(Cl)C1(Cl)Cl. The first kappa shape index (κ1) is 12.8. The van der Waals surface area contributed by atoms with Crippen LogP contribution in [0.2, 0.25) is 0 Å². The van der Waals surface area contributed by atoms with Gasteiger partial charge in [-0.2, -0.15) is 0 Å². The molecule has 1 aliphatic heterocycles. The maximum atomic E-state index is 11.5. The summed E-state index contributed by atoms with van der Waals surface area (Å²) < 4.78 is 18.4. The second-order valence-corrected chi connectivity index (χ2v) is 9.33. The second-order valence-electron chi connectivity index (χ2n) is 2.43. The molecule has 2 atom stereocenters. The molecule has 0 aromatic carbocycles. The minimum Gasteiger partial charge on any atom is -0.222 e. The fourth-order valence-corrected chi connectivity index (χ4v) is 5.97. The molecule has 2 unspecified atom stereocenters. The molecule has 0 aliphatic carbocycles. The molecule has 0 saturated carbocycles. The summed E-state index contributed by atoms with van der Waals surface area (Å²) in [6.07, 6.45) is 0. The van der Waals surface area contributed by atoms with Crippen molar-refractivity contribution in [3.63, 3.8) is 0 Å². The lowest BCUT2D eigenvalue weighted by atomic mass is 10.3. The van der Waals surface area contributed by atoms with Gasteiger partial charge in [-0.1, -0.05) is 46.4 Å². The predicted molar refractivity (Wildman–Crippen MR) is 57.1 cm³/mol. The van der Waals surface area contributed by atoms with Crippen molar-refractivity contribution in [1.82, 2.24) is 0 Å². The number of halogens is 6. The molecule has 78 valence electrons. The summed E-state index contributed by atoms with van der Waals surface area (Å²) in [6, 6.07) is 0. The van der Waals surface area contributed by atoms with Crippen molar-refractivity contribution in [2.24, 2.45) is 0 Å². The Kier molecular flexibility index (Phi) is 3.28. The Morgan fingerprint density at radius 3 is 1.15 bits per heavy atom. The summed E-state index contributed by atoms with van der Waals surface area (Å²) in [6.45, 7) is 0. The van der Waals surface area contributed by atoms with Crippen molar-refractivity contribution in [2.75, 3.05) is 0 Å². The van der Waals surface area contributed by atoms with Crippen LogP contribution in [-0.2, 0) is 9.84 Å². The van der Waals surface area contributed by atoms with E-state index in [2.05, 4.69) is 0 Å². The van der Waals surface area contributed by atoms with Crippen LogP contribution in [0.25, 0.3) is 0 Å². The monoisotopic (exact) mass is 324 g/mol. The number of hydrogen-bond acceptors (Lipinski definition) is 2. The average molecular weight is 327 g/mol. The zero-order valence-corrected chi connectivity index (χ0v) is 11.0. The van der Waals surface area contributed by atoms with Gasteiger partial charge in [-0.3, -0.25) is 0 Å². The lowest BCUT2D eigenvalue weighted by Gasteiger charge is -2.16. The quantitative estimate of drug-likeness (QED) is 0.641. The zero-order chi connectivity index (χ0) is 10.7. The van der Waals surface area contributed by atoms with Crippen LogP contribution in [0.15, 0.2) is 0 Å². The average Bonchev–Trinajstić information content (AvgIpc) is 2.05. The van der Waals surface area contributed by atoms with Gasteiger partial charge in [-0.25, -0.2) is 8.42 Å². The van der Waals surface area contributed by atoms with Gasteiger partial charge in [-0.15, -0.1) is 23.2 Å². The molecule has 2 nitrogen and oxygen atoms in total. The van der Waals surface area contributed by atoms with E-state index in [0.717, 1.165) is 0 Å². The molecule has 0 bridgehead atoms. The Morgan fingerprint density at radius 1 is 0.846 bits per heavy atom. The summed E-state index contributed by atoms with van der Waals surface area (Å²) >= 11 is 33.1. The van der Waals surface area contributed by atoms with E-state index in [1.807, 2.05) is 0 Å². The summed E-state index contributed by atoms with van der Waals surface area (Å²) in [5.74, 6) is 0.